The third kappa shape index (κ3) is 4.44. The zero-order valence-electron chi connectivity index (χ0n) is 13.2. The third-order valence-electron chi connectivity index (χ3n) is 4.95. The maximum absolute atomic E-state index is 3.70. The summed E-state index contributed by atoms with van der Waals surface area (Å²) in [4.78, 5) is 5.30. The fraction of sp³-hybridized carbons (Fsp3) is 1.00. The van der Waals surface area contributed by atoms with Crippen LogP contribution in [0.3, 0.4) is 0 Å². The molecular weight excluding hydrogens is 234 g/mol. The smallest absolute Gasteiger partial charge is 0.0197 e. The van der Waals surface area contributed by atoms with E-state index >= 15 is 0 Å². The van der Waals surface area contributed by atoms with Crippen molar-refractivity contribution in [2.75, 3.05) is 33.2 Å². The van der Waals surface area contributed by atoms with Crippen molar-refractivity contribution in [2.24, 2.45) is 0 Å². The second kappa shape index (κ2) is 7.61. The SMILES string of the molecule is CCCNC1CCC(N2CCCN(C)CC2C)CC1. The van der Waals surface area contributed by atoms with Crippen LogP contribution in [-0.2, 0) is 0 Å². The minimum atomic E-state index is 0.734. The molecule has 1 saturated heterocycles. The average Bonchev–Trinajstić information content (AvgIpc) is 2.58. The maximum Gasteiger partial charge on any atom is 0.0197 e. The molecule has 2 rings (SSSR count). The fourth-order valence-electron chi connectivity index (χ4n) is 3.89. The second-order valence-corrected chi connectivity index (χ2v) is 6.66. The molecule has 2 aliphatic rings. The van der Waals surface area contributed by atoms with Gasteiger partial charge in [0.25, 0.3) is 0 Å². The molecule has 0 aromatic rings. The van der Waals surface area contributed by atoms with Crippen LogP contribution in [-0.4, -0.2) is 61.2 Å². The lowest BCUT2D eigenvalue weighted by molar-refractivity contribution is 0.105. The van der Waals surface area contributed by atoms with Crippen molar-refractivity contribution in [1.29, 1.82) is 0 Å². The maximum atomic E-state index is 3.70. The molecule has 1 unspecified atom stereocenters. The summed E-state index contributed by atoms with van der Waals surface area (Å²) in [5.74, 6) is 0. The van der Waals surface area contributed by atoms with Gasteiger partial charge in [0.1, 0.15) is 0 Å². The molecule has 0 aromatic carbocycles. The number of nitrogens with zero attached hydrogens (tertiary/aromatic N) is 2. The average molecular weight is 267 g/mol. The molecule has 1 N–H and O–H groups in total. The highest BCUT2D eigenvalue weighted by Gasteiger charge is 2.29. The zero-order chi connectivity index (χ0) is 13.7. The monoisotopic (exact) mass is 267 g/mol. The van der Waals surface area contributed by atoms with Crippen molar-refractivity contribution in [3.63, 3.8) is 0 Å². The van der Waals surface area contributed by atoms with Crippen LogP contribution in [0, 0.1) is 0 Å². The van der Waals surface area contributed by atoms with Gasteiger partial charge < -0.3 is 10.2 Å². The van der Waals surface area contributed by atoms with Crippen LogP contribution in [0.25, 0.3) is 0 Å². The molecule has 0 radical (unpaired) electrons. The van der Waals surface area contributed by atoms with Gasteiger partial charge in [0, 0.05) is 24.7 Å². The Labute approximate surface area is 119 Å². The standard InChI is InChI=1S/C16H33N3/c1-4-10-17-15-6-8-16(9-7-15)19-12-5-11-18(3)13-14(19)2/h14-17H,4-13H2,1-3H3. The summed E-state index contributed by atoms with van der Waals surface area (Å²) in [6.07, 6.45) is 8.16. The van der Waals surface area contributed by atoms with E-state index in [0.717, 1.165) is 18.1 Å². The van der Waals surface area contributed by atoms with E-state index < -0.39 is 0 Å². The number of hydrogen-bond acceptors (Lipinski definition) is 3. The highest BCUT2D eigenvalue weighted by Crippen LogP contribution is 2.26. The first-order valence-electron chi connectivity index (χ1n) is 8.38. The van der Waals surface area contributed by atoms with E-state index in [-0.39, 0.29) is 0 Å². The lowest BCUT2D eigenvalue weighted by Gasteiger charge is -2.40. The number of hydrogen-bond donors (Lipinski definition) is 1. The van der Waals surface area contributed by atoms with Gasteiger partial charge in [0.2, 0.25) is 0 Å². The Bertz CT molecular complexity index is 248. The predicted molar refractivity (Wildman–Crippen MR) is 82.6 cm³/mol. The molecule has 0 bridgehead atoms. The Morgan fingerprint density at radius 1 is 1.11 bits per heavy atom. The summed E-state index contributed by atoms with van der Waals surface area (Å²) in [6.45, 7) is 9.70. The van der Waals surface area contributed by atoms with Crippen LogP contribution in [0.1, 0.15) is 52.4 Å². The van der Waals surface area contributed by atoms with Crippen molar-refractivity contribution >= 4 is 0 Å². The largest absolute Gasteiger partial charge is 0.314 e. The Morgan fingerprint density at radius 2 is 1.84 bits per heavy atom. The minimum absolute atomic E-state index is 0.734. The van der Waals surface area contributed by atoms with Crippen LogP contribution in [0.4, 0.5) is 0 Å². The molecule has 0 spiro atoms. The molecule has 112 valence electrons. The van der Waals surface area contributed by atoms with Crippen LogP contribution in [0.2, 0.25) is 0 Å². The highest BCUT2D eigenvalue weighted by atomic mass is 15.2. The van der Waals surface area contributed by atoms with Gasteiger partial charge in [-0.15, -0.1) is 0 Å². The summed E-state index contributed by atoms with van der Waals surface area (Å²) in [5.41, 5.74) is 0. The van der Waals surface area contributed by atoms with Crippen LogP contribution in [0.5, 0.6) is 0 Å². The molecule has 0 amide bonds. The molecule has 3 nitrogen and oxygen atoms in total. The molecule has 2 fully saturated rings. The van der Waals surface area contributed by atoms with Crippen LogP contribution < -0.4 is 5.32 Å². The second-order valence-electron chi connectivity index (χ2n) is 6.66. The number of rotatable bonds is 4. The van der Waals surface area contributed by atoms with E-state index in [1.807, 2.05) is 0 Å². The van der Waals surface area contributed by atoms with E-state index in [1.54, 1.807) is 0 Å². The van der Waals surface area contributed by atoms with Crippen molar-refractivity contribution in [2.45, 2.75) is 70.5 Å². The van der Waals surface area contributed by atoms with Crippen molar-refractivity contribution in [3.05, 3.63) is 0 Å². The van der Waals surface area contributed by atoms with Gasteiger partial charge in [-0.25, -0.2) is 0 Å². The van der Waals surface area contributed by atoms with Crippen molar-refractivity contribution < 1.29 is 0 Å². The first kappa shape index (κ1) is 15.3. The summed E-state index contributed by atoms with van der Waals surface area (Å²) in [5, 5.41) is 3.70. The van der Waals surface area contributed by atoms with Gasteiger partial charge in [0.15, 0.2) is 0 Å². The summed E-state index contributed by atoms with van der Waals surface area (Å²) >= 11 is 0. The van der Waals surface area contributed by atoms with E-state index in [0.29, 0.717) is 0 Å². The molecule has 3 heteroatoms. The summed E-state index contributed by atoms with van der Waals surface area (Å²) < 4.78 is 0. The quantitative estimate of drug-likeness (QED) is 0.843. The van der Waals surface area contributed by atoms with Gasteiger partial charge in [-0.05, 0) is 72.1 Å². The van der Waals surface area contributed by atoms with E-state index in [2.05, 4.69) is 36.0 Å². The molecule has 0 aromatic heterocycles. The van der Waals surface area contributed by atoms with Gasteiger partial charge >= 0.3 is 0 Å². The Morgan fingerprint density at radius 3 is 2.53 bits per heavy atom. The molecular formula is C16H33N3. The topological polar surface area (TPSA) is 18.5 Å². The minimum Gasteiger partial charge on any atom is -0.314 e. The van der Waals surface area contributed by atoms with Crippen LogP contribution >= 0.6 is 0 Å². The third-order valence-corrected chi connectivity index (χ3v) is 4.95. The predicted octanol–water partition coefficient (Wildman–Crippen LogP) is 2.32. The lowest BCUT2D eigenvalue weighted by Crippen LogP contribution is -2.48. The van der Waals surface area contributed by atoms with E-state index in [9.17, 15) is 0 Å². The van der Waals surface area contributed by atoms with Gasteiger partial charge in [-0.3, -0.25) is 4.90 Å². The first-order chi connectivity index (χ1) is 9.20. The molecule has 1 heterocycles. The van der Waals surface area contributed by atoms with Crippen molar-refractivity contribution in [3.8, 4) is 0 Å². The van der Waals surface area contributed by atoms with E-state index in [4.69, 9.17) is 0 Å². The lowest BCUT2D eigenvalue weighted by atomic mass is 9.89. The highest BCUT2D eigenvalue weighted by molar-refractivity contribution is 4.87. The van der Waals surface area contributed by atoms with Crippen molar-refractivity contribution in [1.82, 2.24) is 15.1 Å². The fourth-order valence-corrected chi connectivity index (χ4v) is 3.89. The zero-order valence-corrected chi connectivity index (χ0v) is 13.2. The Kier molecular flexibility index (Phi) is 6.11. The summed E-state index contributed by atoms with van der Waals surface area (Å²) in [6, 6.07) is 2.37. The molecule has 1 aliphatic heterocycles. The Hall–Kier alpha value is -0.120. The van der Waals surface area contributed by atoms with Gasteiger partial charge in [-0.1, -0.05) is 6.92 Å². The molecule has 19 heavy (non-hydrogen) atoms. The van der Waals surface area contributed by atoms with Gasteiger partial charge in [-0.2, -0.15) is 0 Å². The first-order valence-corrected chi connectivity index (χ1v) is 8.38. The number of likely N-dealkylation sites (N-methyl/N-ethyl adjacent to an activating group) is 1. The summed E-state index contributed by atoms with van der Waals surface area (Å²) in [7, 11) is 2.27. The molecule has 1 aliphatic carbocycles. The number of nitrogens with one attached hydrogen (secondary N) is 1. The normalized spacial score (nSPS) is 35.2. The van der Waals surface area contributed by atoms with E-state index in [1.165, 1.54) is 64.7 Å². The Balaban J connectivity index is 1.79. The molecule has 1 atom stereocenters. The molecule has 1 saturated carbocycles. The van der Waals surface area contributed by atoms with Gasteiger partial charge in [0.05, 0.1) is 0 Å². The van der Waals surface area contributed by atoms with Crippen LogP contribution in [0.15, 0.2) is 0 Å².